The Balaban J connectivity index is 2.42. The highest BCUT2D eigenvalue weighted by Gasteiger charge is 2.03. The van der Waals surface area contributed by atoms with Crippen molar-refractivity contribution in [3.8, 4) is 11.1 Å². The number of aromatic nitrogens is 1. The lowest BCUT2D eigenvalue weighted by Crippen LogP contribution is -2.07. The van der Waals surface area contributed by atoms with Gasteiger partial charge in [-0.15, -0.1) is 0 Å². The molecule has 0 amide bonds. The Morgan fingerprint density at radius 1 is 1.13 bits per heavy atom. The Morgan fingerprint density at radius 3 is 2.53 bits per heavy atom. The summed E-state index contributed by atoms with van der Waals surface area (Å²) in [6, 6.07) is 10.0. The average Bonchev–Trinajstić information content (AvgIpc) is 2.30. The summed E-state index contributed by atoms with van der Waals surface area (Å²) in [5.74, 6) is 5.48. The number of nitrogens with one attached hydrogen (secondary N) is 1. The molecule has 0 saturated carbocycles. The zero-order valence-electron chi connectivity index (χ0n) is 7.94. The Hall–Kier alpha value is -1.94. The van der Waals surface area contributed by atoms with Crippen molar-refractivity contribution in [2.45, 2.75) is 0 Å². The Morgan fingerprint density at radius 2 is 1.93 bits per heavy atom. The first kappa shape index (κ1) is 9.61. The van der Waals surface area contributed by atoms with Crippen molar-refractivity contribution in [1.82, 2.24) is 4.98 Å². The van der Waals surface area contributed by atoms with Crippen LogP contribution in [0.15, 0.2) is 42.6 Å². The average molecular weight is 203 g/mol. The summed E-state index contributed by atoms with van der Waals surface area (Å²) in [6.45, 7) is 0. The molecule has 0 unspecified atom stereocenters. The second-order valence-electron chi connectivity index (χ2n) is 3.06. The van der Waals surface area contributed by atoms with Crippen molar-refractivity contribution >= 4 is 5.82 Å². The number of rotatable bonds is 2. The van der Waals surface area contributed by atoms with Gasteiger partial charge in [-0.25, -0.2) is 15.2 Å². The van der Waals surface area contributed by atoms with Crippen molar-refractivity contribution in [2.75, 3.05) is 5.43 Å². The lowest BCUT2D eigenvalue weighted by Gasteiger charge is -2.03. The Kier molecular flexibility index (Phi) is 2.60. The first-order valence-corrected chi connectivity index (χ1v) is 4.49. The molecule has 2 aromatic rings. The number of anilines is 1. The Bertz CT molecular complexity index is 454. The molecule has 0 spiro atoms. The second kappa shape index (κ2) is 4.06. The summed E-state index contributed by atoms with van der Waals surface area (Å²) < 4.78 is 13.4. The van der Waals surface area contributed by atoms with E-state index in [-0.39, 0.29) is 5.82 Å². The summed E-state index contributed by atoms with van der Waals surface area (Å²) >= 11 is 0. The SMILES string of the molecule is NNc1ccc(-c2ccccc2F)cn1. The molecule has 15 heavy (non-hydrogen) atoms. The number of hydrazine groups is 1. The summed E-state index contributed by atoms with van der Waals surface area (Å²) in [4.78, 5) is 4.01. The highest BCUT2D eigenvalue weighted by atomic mass is 19.1. The van der Waals surface area contributed by atoms with Crippen LogP contribution >= 0.6 is 0 Å². The molecule has 0 fully saturated rings. The van der Waals surface area contributed by atoms with Crippen LogP contribution in [0, 0.1) is 5.82 Å². The van der Waals surface area contributed by atoms with E-state index in [2.05, 4.69) is 10.4 Å². The van der Waals surface area contributed by atoms with Crippen LogP contribution in [-0.2, 0) is 0 Å². The van der Waals surface area contributed by atoms with Gasteiger partial charge >= 0.3 is 0 Å². The maximum Gasteiger partial charge on any atom is 0.139 e. The van der Waals surface area contributed by atoms with Gasteiger partial charge in [0.05, 0.1) is 0 Å². The van der Waals surface area contributed by atoms with E-state index in [0.29, 0.717) is 11.4 Å². The standard InChI is InChI=1S/C11H10FN3/c12-10-4-2-1-3-9(10)8-5-6-11(15-13)14-7-8/h1-7H,13H2,(H,14,15). The van der Waals surface area contributed by atoms with Gasteiger partial charge in [-0.1, -0.05) is 18.2 Å². The fourth-order valence-electron chi connectivity index (χ4n) is 1.33. The van der Waals surface area contributed by atoms with Crippen LogP contribution in [-0.4, -0.2) is 4.98 Å². The Labute approximate surface area is 86.7 Å². The molecule has 0 atom stereocenters. The first-order chi connectivity index (χ1) is 7.31. The van der Waals surface area contributed by atoms with Crippen LogP contribution in [0.5, 0.6) is 0 Å². The van der Waals surface area contributed by atoms with Gasteiger partial charge in [-0.2, -0.15) is 0 Å². The van der Waals surface area contributed by atoms with Crippen LogP contribution in [0.3, 0.4) is 0 Å². The van der Waals surface area contributed by atoms with E-state index in [1.54, 1.807) is 36.5 Å². The van der Waals surface area contributed by atoms with Crippen molar-refractivity contribution in [3.63, 3.8) is 0 Å². The van der Waals surface area contributed by atoms with E-state index >= 15 is 0 Å². The third-order valence-corrected chi connectivity index (χ3v) is 2.10. The maximum atomic E-state index is 13.4. The van der Waals surface area contributed by atoms with Crippen LogP contribution in [0.2, 0.25) is 0 Å². The van der Waals surface area contributed by atoms with Crippen molar-refractivity contribution < 1.29 is 4.39 Å². The smallest absolute Gasteiger partial charge is 0.139 e. The molecular weight excluding hydrogens is 193 g/mol. The van der Waals surface area contributed by atoms with E-state index in [9.17, 15) is 4.39 Å². The summed E-state index contributed by atoms with van der Waals surface area (Å²) in [5.41, 5.74) is 3.68. The molecule has 0 aliphatic rings. The fraction of sp³-hybridized carbons (Fsp3) is 0. The topological polar surface area (TPSA) is 50.9 Å². The number of hydrogen-bond donors (Lipinski definition) is 2. The zero-order valence-corrected chi connectivity index (χ0v) is 7.94. The van der Waals surface area contributed by atoms with Crippen molar-refractivity contribution in [1.29, 1.82) is 0 Å². The number of benzene rings is 1. The van der Waals surface area contributed by atoms with Gasteiger partial charge in [0.2, 0.25) is 0 Å². The predicted octanol–water partition coefficient (Wildman–Crippen LogP) is 2.17. The molecule has 1 aromatic heterocycles. The lowest BCUT2D eigenvalue weighted by molar-refractivity contribution is 0.631. The molecule has 3 nitrogen and oxygen atoms in total. The van der Waals surface area contributed by atoms with Crippen molar-refractivity contribution in [2.24, 2.45) is 5.84 Å². The molecule has 0 aliphatic heterocycles. The minimum absolute atomic E-state index is 0.257. The quantitative estimate of drug-likeness (QED) is 0.581. The molecule has 76 valence electrons. The van der Waals surface area contributed by atoms with Gasteiger partial charge in [0.1, 0.15) is 11.6 Å². The molecule has 4 heteroatoms. The van der Waals surface area contributed by atoms with Gasteiger partial charge in [-0.05, 0) is 18.2 Å². The monoisotopic (exact) mass is 203 g/mol. The van der Waals surface area contributed by atoms with Gasteiger partial charge < -0.3 is 5.43 Å². The molecular formula is C11H10FN3. The molecule has 0 bridgehead atoms. The van der Waals surface area contributed by atoms with E-state index in [0.717, 1.165) is 5.56 Å². The van der Waals surface area contributed by atoms with Gasteiger partial charge in [0.15, 0.2) is 0 Å². The largest absolute Gasteiger partial charge is 0.308 e. The second-order valence-corrected chi connectivity index (χ2v) is 3.06. The third-order valence-electron chi connectivity index (χ3n) is 2.10. The molecule has 0 radical (unpaired) electrons. The van der Waals surface area contributed by atoms with Gasteiger partial charge in [0.25, 0.3) is 0 Å². The molecule has 1 heterocycles. The normalized spacial score (nSPS) is 10.0. The van der Waals surface area contributed by atoms with Gasteiger partial charge in [0, 0.05) is 17.3 Å². The van der Waals surface area contributed by atoms with E-state index in [1.165, 1.54) is 6.07 Å². The zero-order chi connectivity index (χ0) is 10.7. The van der Waals surface area contributed by atoms with Crippen LogP contribution < -0.4 is 11.3 Å². The van der Waals surface area contributed by atoms with Crippen molar-refractivity contribution in [3.05, 3.63) is 48.4 Å². The van der Waals surface area contributed by atoms with E-state index in [1.807, 2.05) is 0 Å². The number of nitrogen functional groups attached to an aromatic ring is 1. The predicted molar refractivity (Wildman–Crippen MR) is 57.4 cm³/mol. The summed E-state index contributed by atoms with van der Waals surface area (Å²) in [7, 11) is 0. The molecule has 3 N–H and O–H groups in total. The first-order valence-electron chi connectivity index (χ1n) is 4.49. The molecule has 1 aromatic carbocycles. The summed E-state index contributed by atoms with van der Waals surface area (Å²) in [5, 5.41) is 0. The number of halogens is 1. The van der Waals surface area contributed by atoms with Crippen LogP contribution in [0.1, 0.15) is 0 Å². The van der Waals surface area contributed by atoms with E-state index < -0.39 is 0 Å². The number of nitrogens with zero attached hydrogens (tertiary/aromatic N) is 1. The van der Waals surface area contributed by atoms with Crippen LogP contribution in [0.25, 0.3) is 11.1 Å². The van der Waals surface area contributed by atoms with Crippen LogP contribution in [0.4, 0.5) is 10.2 Å². The summed E-state index contributed by atoms with van der Waals surface area (Å²) in [6.07, 6.45) is 1.58. The number of hydrogen-bond acceptors (Lipinski definition) is 3. The molecule has 0 saturated heterocycles. The maximum absolute atomic E-state index is 13.4. The lowest BCUT2D eigenvalue weighted by atomic mass is 10.1. The minimum atomic E-state index is -0.257. The molecule has 0 aliphatic carbocycles. The highest BCUT2D eigenvalue weighted by molar-refractivity contribution is 5.64. The number of pyridine rings is 1. The minimum Gasteiger partial charge on any atom is -0.308 e. The van der Waals surface area contributed by atoms with Gasteiger partial charge in [-0.3, -0.25) is 0 Å². The fourth-order valence-corrected chi connectivity index (χ4v) is 1.33. The number of nitrogens with two attached hydrogens (primary N) is 1. The van der Waals surface area contributed by atoms with E-state index in [4.69, 9.17) is 5.84 Å². The third kappa shape index (κ3) is 1.94. The highest BCUT2D eigenvalue weighted by Crippen LogP contribution is 2.22. The molecule has 2 rings (SSSR count).